The third kappa shape index (κ3) is 4.41. The second-order valence-corrected chi connectivity index (χ2v) is 8.85. The van der Waals surface area contributed by atoms with Gasteiger partial charge in [0.15, 0.2) is 0 Å². The van der Waals surface area contributed by atoms with E-state index in [1.165, 1.54) is 5.56 Å². The summed E-state index contributed by atoms with van der Waals surface area (Å²) in [6, 6.07) is 15.7. The van der Waals surface area contributed by atoms with Crippen molar-refractivity contribution < 1.29 is 4.79 Å². The lowest BCUT2D eigenvalue weighted by Crippen LogP contribution is -2.31. The van der Waals surface area contributed by atoms with Crippen molar-refractivity contribution in [2.24, 2.45) is 11.8 Å². The van der Waals surface area contributed by atoms with E-state index in [1.54, 1.807) is 18.2 Å². The van der Waals surface area contributed by atoms with Gasteiger partial charge in [-0.1, -0.05) is 23.4 Å². The second-order valence-electron chi connectivity index (χ2n) is 8.85. The number of fused-ring (bicyclic) bond motifs is 2. The molecule has 3 heterocycles. The van der Waals surface area contributed by atoms with Gasteiger partial charge in [-0.05, 0) is 66.1 Å². The number of likely N-dealkylation sites (tertiary alicyclic amines) is 2. The first-order valence-corrected chi connectivity index (χ1v) is 11.2. The highest BCUT2D eigenvalue weighted by Crippen LogP contribution is 2.32. The first-order valence-electron chi connectivity index (χ1n) is 11.2. The maximum atomic E-state index is 12.7. The first-order chi connectivity index (χ1) is 15.7. The fourth-order valence-electron chi connectivity index (χ4n) is 4.98. The molecule has 1 amide bonds. The fraction of sp³-hybridized carbons (Fsp3) is 0.360. The summed E-state index contributed by atoms with van der Waals surface area (Å²) in [5, 5.41) is 19.8. The van der Waals surface area contributed by atoms with Crippen molar-refractivity contribution in [1.29, 1.82) is 5.26 Å². The van der Waals surface area contributed by atoms with E-state index in [2.05, 4.69) is 38.5 Å². The molecule has 2 saturated heterocycles. The zero-order valence-corrected chi connectivity index (χ0v) is 17.9. The molecule has 2 aliphatic heterocycles. The van der Waals surface area contributed by atoms with Crippen molar-refractivity contribution >= 4 is 23.0 Å². The van der Waals surface area contributed by atoms with E-state index in [0.717, 1.165) is 62.2 Å². The summed E-state index contributed by atoms with van der Waals surface area (Å²) in [5.41, 5.74) is 4.72. The molecule has 0 unspecified atom stereocenters. The molecular weight excluding hydrogens is 400 g/mol. The van der Waals surface area contributed by atoms with Crippen molar-refractivity contribution in [3.63, 3.8) is 0 Å². The van der Waals surface area contributed by atoms with Crippen LogP contribution in [-0.4, -0.2) is 57.3 Å². The van der Waals surface area contributed by atoms with Crippen LogP contribution in [0.4, 0.5) is 0 Å². The fourth-order valence-corrected chi connectivity index (χ4v) is 4.98. The van der Waals surface area contributed by atoms with Crippen LogP contribution in [-0.2, 0) is 11.3 Å². The molecule has 2 aliphatic rings. The number of nitriles is 1. The van der Waals surface area contributed by atoms with Crippen LogP contribution in [0, 0.1) is 23.2 Å². The Balaban J connectivity index is 1.15. The predicted octanol–water partition coefficient (Wildman–Crippen LogP) is 3.21. The molecule has 0 spiro atoms. The summed E-state index contributed by atoms with van der Waals surface area (Å²) in [5.74, 6) is 1.37. The average molecular weight is 427 g/mol. The zero-order chi connectivity index (χ0) is 21.9. The summed E-state index contributed by atoms with van der Waals surface area (Å²) in [6.45, 7) is 4.74. The summed E-state index contributed by atoms with van der Waals surface area (Å²) in [4.78, 5) is 17.2. The van der Waals surface area contributed by atoms with Gasteiger partial charge in [0.1, 0.15) is 5.52 Å². The van der Waals surface area contributed by atoms with Crippen molar-refractivity contribution in [3.8, 4) is 6.07 Å². The highest BCUT2D eigenvalue weighted by atomic mass is 16.2. The van der Waals surface area contributed by atoms with Crippen LogP contribution in [0.5, 0.6) is 0 Å². The number of rotatable bonds is 4. The van der Waals surface area contributed by atoms with Gasteiger partial charge in [0.05, 0.1) is 17.1 Å². The Morgan fingerprint density at radius 3 is 2.59 bits per heavy atom. The Kier molecular flexibility index (Phi) is 5.70. The maximum Gasteiger partial charge on any atom is 0.246 e. The second kappa shape index (κ2) is 8.93. The third-order valence-corrected chi connectivity index (χ3v) is 6.76. The Hall–Kier alpha value is -3.50. The quantitative estimate of drug-likeness (QED) is 0.647. The minimum absolute atomic E-state index is 0.0760. The Morgan fingerprint density at radius 1 is 1.12 bits per heavy atom. The Bertz CT molecular complexity index is 1160. The maximum absolute atomic E-state index is 12.7. The lowest BCUT2D eigenvalue weighted by Gasteiger charge is -2.21. The van der Waals surface area contributed by atoms with E-state index in [4.69, 9.17) is 5.26 Å². The number of carbonyl (C=O) groups excluding carboxylic acids is 1. The Morgan fingerprint density at radius 2 is 1.88 bits per heavy atom. The Labute approximate surface area is 187 Å². The number of aromatic amines is 1. The van der Waals surface area contributed by atoms with Gasteiger partial charge < -0.3 is 4.90 Å². The molecule has 2 atom stereocenters. The number of hydrogen-bond donors (Lipinski definition) is 1. The molecule has 0 saturated carbocycles. The number of aromatic nitrogens is 3. The number of benzene rings is 2. The van der Waals surface area contributed by atoms with Crippen LogP contribution in [0.15, 0.2) is 48.5 Å². The van der Waals surface area contributed by atoms with Gasteiger partial charge in [0, 0.05) is 38.8 Å². The summed E-state index contributed by atoms with van der Waals surface area (Å²) in [7, 11) is 0. The summed E-state index contributed by atoms with van der Waals surface area (Å²) in [6.07, 6.45) is 5.61. The van der Waals surface area contributed by atoms with Crippen LogP contribution in [0.2, 0.25) is 0 Å². The van der Waals surface area contributed by atoms with Gasteiger partial charge in [0.25, 0.3) is 0 Å². The largest absolute Gasteiger partial charge is 0.339 e. The highest BCUT2D eigenvalue weighted by Gasteiger charge is 2.35. The SMILES string of the molecule is N#Cc1ccc(C=CC(=O)N2CC[C@@H]3CN(Cc4ccc5[nH]nnc5c4)C[C@@H]3CC2)cc1. The average Bonchev–Trinajstić information content (AvgIpc) is 3.39. The molecule has 32 heavy (non-hydrogen) atoms. The molecule has 3 aromatic rings. The number of H-pyrrole nitrogens is 1. The van der Waals surface area contributed by atoms with Crippen LogP contribution in [0.3, 0.4) is 0 Å². The van der Waals surface area contributed by atoms with E-state index in [0.29, 0.717) is 17.4 Å². The van der Waals surface area contributed by atoms with Gasteiger partial charge in [-0.2, -0.15) is 5.26 Å². The normalized spacial score (nSPS) is 21.5. The van der Waals surface area contributed by atoms with Crippen molar-refractivity contribution in [3.05, 3.63) is 65.2 Å². The molecule has 1 N–H and O–H groups in total. The molecule has 7 nitrogen and oxygen atoms in total. The number of nitrogens with one attached hydrogen (secondary N) is 1. The van der Waals surface area contributed by atoms with Crippen LogP contribution in [0.25, 0.3) is 17.1 Å². The lowest BCUT2D eigenvalue weighted by atomic mass is 9.92. The minimum atomic E-state index is 0.0760. The van der Waals surface area contributed by atoms with Crippen molar-refractivity contribution in [1.82, 2.24) is 25.2 Å². The van der Waals surface area contributed by atoms with Crippen LogP contribution < -0.4 is 0 Å². The highest BCUT2D eigenvalue weighted by molar-refractivity contribution is 5.91. The first kappa shape index (κ1) is 20.4. The standard InChI is InChI=1S/C25H26N6O/c26-14-19-3-1-18(2-4-19)6-8-25(32)31-11-9-21-16-30(17-22(21)10-12-31)15-20-5-7-23-24(13-20)28-29-27-23/h1-8,13,21-22H,9-12,15-17H2,(H,27,28,29)/t21-,22+. The molecule has 2 aromatic carbocycles. The topological polar surface area (TPSA) is 88.9 Å². The van der Waals surface area contributed by atoms with Crippen molar-refractivity contribution in [2.75, 3.05) is 26.2 Å². The monoisotopic (exact) mass is 426 g/mol. The van der Waals surface area contributed by atoms with Gasteiger partial charge >= 0.3 is 0 Å². The van der Waals surface area contributed by atoms with Crippen molar-refractivity contribution in [2.45, 2.75) is 19.4 Å². The molecule has 162 valence electrons. The van der Waals surface area contributed by atoms with Gasteiger partial charge in [-0.3, -0.25) is 14.8 Å². The minimum Gasteiger partial charge on any atom is -0.339 e. The molecular formula is C25H26N6O. The van der Waals surface area contributed by atoms with Gasteiger partial charge in [-0.25, -0.2) is 0 Å². The molecule has 0 aliphatic carbocycles. The number of nitrogens with zero attached hydrogens (tertiary/aromatic N) is 5. The molecule has 0 bridgehead atoms. The van der Waals surface area contributed by atoms with Crippen LogP contribution in [0.1, 0.15) is 29.5 Å². The van der Waals surface area contributed by atoms with E-state index in [9.17, 15) is 4.79 Å². The zero-order valence-electron chi connectivity index (χ0n) is 17.9. The predicted molar refractivity (Wildman–Crippen MR) is 122 cm³/mol. The van der Waals surface area contributed by atoms with E-state index in [1.807, 2.05) is 29.2 Å². The molecule has 7 heteroatoms. The molecule has 2 fully saturated rings. The van der Waals surface area contributed by atoms with Crippen LogP contribution >= 0.6 is 0 Å². The summed E-state index contributed by atoms with van der Waals surface area (Å²) >= 11 is 0. The van der Waals surface area contributed by atoms with E-state index >= 15 is 0 Å². The van der Waals surface area contributed by atoms with Gasteiger partial charge in [0.2, 0.25) is 5.91 Å². The van der Waals surface area contributed by atoms with E-state index in [-0.39, 0.29) is 5.91 Å². The number of hydrogen-bond acceptors (Lipinski definition) is 5. The molecule has 1 aromatic heterocycles. The lowest BCUT2D eigenvalue weighted by molar-refractivity contribution is -0.126. The number of carbonyl (C=O) groups is 1. The smallest absolute Gasteiger partial charge is 0.246 e. The molecule has 0 radical (unpaired) electrons. The van der Waals surface area contributed by atoms with Gasteiger partial charge in [-0.15, -0.1) is 5.10 Å². The third-order valence-electron chi connectivity index (χ3n) is 6.76. The molecule has 5 rings (SSSR count). The van der Waals surface area contributed by atoms with E-state index < -0.39 is 0 Å². The number of amides is 1. The summed E-state index contributed by atoms with van der Waals surface area (Å²) < 4.78 is 0.